The highest BCUT2D eigenvalue weighted by molar-refractivity contribution is 6.22. The summed E-state index contributed by atoms with van der Waals surface area (Å²) in [6.07, 6.45) is 1.39. The smallest absolute Gasteiger partial charge is 0.262 e. The molecule has 0 spiro atoms. The lowest BCUT2D eigenvalue weighted by Crippen LogP contribution is -2.52. The van der Waals surface area contributed by atoms with E-state index in [1.165, 1.54) is 4.90 Å². The molecule has 3 aliphatic heterocycles. The van der Waals surface area contributed by atoms with Gasteiger partial charge in [-0.1, -0.05) is 52.0 Å². The van der Waals surface area contributed by atoms with Gasteiger partial charge in [0.05, 0.1) is 11.1 Å². The molecule has 232 valence electrons. The molecule has 3 heterocycles. The van der Waals surface area contributed by atoms with E-state index in [2.05, 4.69) is 19.2 Å². The monoisotopic (exact) mass is 602 g/mol. The van der Waals surface area contributed by atoms with Crippen LogP contribution in [0.15, 0.2) is 36.4 Å². The first kappa shape index (κ1) is 32.2. The van der Waals surface area contributed by atoms with E-state index in [4.69, 9.17) is 0 Å². The lowest BCUT2D eigenvalue weighted by atomic mass is 9.94. The summed E-state index contributed by atoms with van der Waals surface area (Å²) in [7, 11) is 0. The van der Waals surface area contributed by atoms with Crippen molar-refractivity contribution in [3.05, 3.63) is 69.8 Å². The van der Waals surface area contributed by atoms with E-state index in [0.717, 1.165) is 16.7 Å². The van der Waals surface area contributed by atoms with E-state index < -0.39 is 18.0 Å². The van der Waals surface area contributed by atoms with E-state index in [1.54, 1.807) is 24.0 Å². The number of hydrogen-bond acceptors (Lipinski definition) is 7. The van der Waals surface area contributed by atoms with Gasteiger partial charge in [-0.05, 0) is 60.4 Å². The molecular weight excluding hydrogens is 564 g/mol. The topological polar surface area (TPSA) is 150 Å². The lowest BCUT2D eigenvalue weighted by molar-refractivity contribution is -0.137. The summed E-state index contributed by atoms with van der Waals surface area (Å²) in [6.45, 7) is 10.3. The fourth-order valence-electron chi connectivity index (χ4n) is 5.97. The normalized spacial score (nSPS) is 18.2. The van der Waals surface area contributed by atoms with E-state index in [9.17, 15) is 33.6 Å². The predicted octanol–water partition coefficient (Wildman–Crippen LogP) is 3.42. The molecule has 44 heavy (non-hydrogen) atoms. The molecule has 7 amide bonds. The molecule has 11 nitrogen and oxygen atoms in total. The van der Waals surface area contributed by atoms with Crippen LogP contribution in [0.1, 0.15) is 120 Å². The van der Waals surface area contributed by atoms with Crippen LogP contribution in [0.2, 0.25) is 0 Å². The van der Waals surface area contributed by atoms with Gasteiger partial charge in [-0.3, -0.25) is 49.1 Å². The molecule has 2 aromatic rings. The average molecular weight is 603 g/mol. The summed E-state index contributed by atoms with van der Waals surface area (Å²) < 4.78 is 0. The molecule has 0 bridgehead atoms. The van der Waals surface area contributed by atoms with Crippen LogP contribution >= 0.6 is 0 Å². The molecule has 0 aromatic heterocycles. The number of rotatable bonds is 8. The summed E-state index contributed by atoms with van der Waals surface area (Å²) in [5.74, 6) is -1.33. The van der Waals surface area contributed by atoms with Gasteiger partial charge < -0.3 is 4.90 Å². The van der Waals surface area contributed by atoms with E-state index in [0.29, 0.717) is 48.4 Å². The molecule has 0 aliphatic carbocycles. The number of carbonyl (C=O) groups is 7. The van der Waals surface area contributed by atoms with Crippen LogP contribution in [0.3, 0.4) is 0 Å². The molecule has 11 heteroatoms. The highest BCUT2D eigenvalue weighted by Crippen LogP contribution is 2.33. The Morgan fingerprint density at radius 2 is 1.55 bits per heavy atom. The second-order valence-corrected chi connectivity index (χ2v) is 11.9. The van der Waals surface area contributed by atoms with Gasteiger partial charge in [0.15, 0.2) is 0 Å². The molecule has 0 saturated carbocycles. The second kappa shape index (κ2) is 13.3. The van der Waals surface area contributed by atoms with Gasteiger partial charge in [-0.25, -0.2) is 0 Å². The van der Waals surface area contributed by atoms with Crippen molar-refractivity contribution < 1.29 is 33.6 Å². The van der Waals surface area contributed by atoms with E-state index in [-0.39, 0.29) is 48.3 Å². The molecule has 2 N–H and O–H groups in total. The van der Waals surface area contributed by atoms with Crippen molar-refractivity contribution in [1.82, 2.24) is 20.4 Å². The Balaban J connectivity index is 0.000000201. The maximum absolute atomic E-state index is 12.7. The maximum Gasteiger partial charge on any atom is 0.262 e. The van der Waals surface area contributed by atoms with Gasteiger partial charge in [0.2, 0.25) is 24.1 Å². The summed E-state index contributed by atoms with van der Waals surface area (Å²) in [4.78, 5) is 85.4. The Labute approximate surface area is 256 Å². The van der Waals surface area contributed by atoms with Crippen molar-refractivity contribution in [3.63, 3.8) is 0 Å². The van der Waals surface area contributed by atoms with Crippen LogP contribution < -0.4 is 10.6 Å². The number of nitrogens with one attached hydrogen (secondary N) is 2. The summed E-state index contributed by atoms with van der Waals surface area (Å²) in [6, 6.07) is 10.1. The van der Waals surface area contributed by atoms with Crippen molar-refractivity contribution in [1.29, 1.82) is 0 Å². The van der Waals surface area contributed by atoms with Crippen LogP contribution in [0.5, 0.6) is 0 Å². The Morgan fingerprint density at radius 3 is 2.16 bits per heavy atom. The molecule has 2 atom stereocenters. The quantitative estimate of drug-likeness (QED) is 0.347. The standard InChI is InChI=1S/C17H20N2O4.C16H18N2O3/c1-10(2)12-5-4-6-13-15(12)17(23)19(16(13)22)11(3)7-8-14(21)18-9-20;1-9(2)10-4-3-5-11-12(10)8-18(16(11)21)13-6-7-14(19)17-15(13)20/h4-6,9-11H,7-8H2,1-3H3,(H,18,20,21);3-5,9,13H,6-8H2,1-2H3,(H,17,19,20). The molecule has 3 aliphatic rings. The SMILES string of the molecule is CC(C)c1cccc2c1C(=O)N(C(C)CCC(=O)NC=O)C2=O.CC(C)c1cccc2c1CN(C1CCC(=O)NC1=O)C2=O. The maximum atomic E-state index is 12.7. The fraction of sp³-hybridized carbons (Fsp3) is 0.424. The number of nitrogens with zero attached hydrogens (tertiary/aromatic N) is 2. The molecular formula is C33H38N4O7. The summed E-state index contributed by atoms with van der Waals surface area (Å²) in [5, 5.41) is 4.37. The third-order valence-electron chi connectivity index (χ3n) is 8.29. The minimum atomic E-state index is -0.539. The van der Waals surface area contributed by atoms with Crippen LogP contribution in [-0.2, 0) is 25.7 Å². The van der Waals surface area contributed by atoms with E-state index in [1.807, 2.05) is 43.4 Å². The zero-order chi connectivity index (χ0) is 32.3. The van der Waals surface area contributed by atoms with Gasteiger partial charge in [0.25, 0.3) is 17.7 Å². The number of amides is 7. The summed E-state index contributed by atoms with van der Waals surface area (Å²) >= 11 is 0. The predicted molar refractivity (Wildman–Crippen MR) is 161 cm³/mol. The molecule has 1 saturated heterocycles. The van der Waals surface area contributed by atoms with Gasteiger partial charge in [0.1, 0.15) is 6.04 Å². The average Bonchev–Trinajstić information content (AvgIpc) is 3.45. The molecule has 2 unspecified atom stereocenters. The highest BCUT2D eigenvalue weighted by atomic mass is 16.2. The van der Waals surface area contributed by atoms with Crippen LogP contribution in [0.25, 0.3) is 0 Å². The van der Waals surface area contributed by atoms with Gasteiger partial charge in [-0.15, -0.1) is 0 Å². The first-order valence-corrected chi connectivity index (χ1v) is 14.9. The van der Waals surface area contributed by atoms with E-state index >= 15 is 0 Å². The number of carbonyl (C=O) groups excluding carboxylic acids is 7. The van der Waals surface area contributed by atoms with Crippen molar-refractivity contribution in [3.8, 4) is 0 Å². The fourth-order valence-corrected chi connectivity index (χ4v) is 5.97. The number of imide groups is 3. The first-order valence-electron chi connectivity index (χ1n) is 14.9. The zero-order valence-electron chi connectivity index (χ0n) is 25.6. The van der Waals surface area contributed by atoms with Crippen molar-refractivity contribution in [2.45, 2.75) is 90.8 Å². The third-order valence-corrected chi connectivity index (χ3v) is 8.29. The van der Waals surface area contributed by atoms with Crippen molar-refractivity contribution in [2.75, 3.05) is 0 Å². The number of benzene rings is 2. The Hall–Kier alpha value is -4.67. The van der Waals surface area contributed by atoms with Crippen molar-refractivity contribution >= 4 is 41.9 Å². The zero-order valence-corrected chi connectivity index (χ0v) is 25.6. The van der Waals surface area contributed by atoms with Crippen LogP contribution in [-0.4, -0.2) is 63.7 Å². The van der Waals surface area contributed by atoms with Crippen LogP contribution in [0, 0.1) is 0 Å². The Bertz CT molecular complexity index is 1530. The molecule has 1 fully saturated rings. The van der Waals surface area contributed by atoms with Gasteiger partial charge in [-0.2, -0.15) is 0 Å². The van der Waals surface area contributed by atoms with Gasteiger partial charge in [0, 0.05) is 31.0 Å². The minimum absolute atomic E-state index is 0.0738. The second-order valence-electron chi connectivity index (χ2n) is 11.9. The first-order chi connectivity index (χ1) is 20.9. The Kier molecular flexibility index (Phi) is 9.76. The van der Waals surface area contributed by atoms with Crippen LogP contribution in [0.4, 0.5) is 0 Å². The Morgan fingerprint density at radius 1 is 0.909 bits per heavy atom. The summed E-state index contributed by atoms with van der Waals surface area (Å²) in [5.41, 5.74) is 4.60. The number of piperidine rings is 1. The minimum Gasteiger partial charge on any atom is -0.322 e. The number of fused-ring (bicyclic) bond motifs is 2. The highest BCUT2D eigenvalue weighted by Gasteiger charge is 2.41. The largest absolute Gasteiger partial charge is 0.322 e. The number of hydrogen-bond donors (Lipinski definition) is 2. The lowest BCUT2D eigenvalue weighted by Gasteiger charge is -2.29. The van der Waals surface area contributed by atoms with Crippen molar-refractivity contribution in [2.24, 2.45) is 0 Å². The third kappa shape index (κ3) is 6.31. The van der Waals surface area contributed by atoms with Gasteiger partial charge >= 0.3 is 0 Å². The molecule has 0 radical (unpaired) electrons. The molecule has 5 rings (SSSR count). The molecule has 2 aromatic carbocycles.